The molecule has 0 radical (unpaired) electrons. The molecule has 14 heavy (non-hydrogen) atoms. The molecular formula is C7H4Cl2N2O3. The van der Waals surface area contributed by atoms with Crippen molar-refractivity contribution in [1.82, 2.24) is 0 Å². The molecule has 0 bridgehead atoms. The fourth-order valence-corrected chi connectivity index (χ4v) is 1.30. The molecule has 0 fully saturated rings. The van der Waals surface area contributed by atoms with Crippen molar-refractivity contribution in [3.8, 4) is 0 Å². The highest BCUT2D eigenvalue weighted by molar-refractivity contribution is 6.43. The summed E-state index contributed by atoms with van der Waals surface area (Å²) in [6.07, 6.45) is 0. The summed E-state index contributed by atoms with van der Waals surface area (Å²) in [7, 11) is 0. The van der Waals surface area contributed by atoms with Crippen LogP contribution in [0.25, 0.3) is 0 Å². The van der Waals surface area contributed by atoms with Crippen LogP contribution in [0, 0.1) is 10.1 Å². The first kappa shape index (κ1) is 10.7. The van der Waals surface area contributed by atoms with Gasteiger partial charge in [-0.05, 0) is 12.1 Å². The zero-order chi connectivity index (χ0) is 10.9. The van der Waals surface area contributed by atoms with Gasteiger partial charge in [-0.2, -0.15) is 0 Å². The summed E-state index contributed by atoms with van der Waals surface area (Å²) in [5, 5.41) is 10.3. The van der Waals surface area contributed by atoms with E-state index < -0.39 is 16.5 Å². The number of halogens is 2. The van der Waals surface area contributed by atoms with Crippen LogP contribution in [0.1, 0.15) is 10.4 Å². The molecule has 2 N–H and O–H groups in total. The van der Waals surface area contributed by atoms with Crippen LogP contribution in [-0.2, 0) is 0 Å². The Hall–Kier alpha value is -1.33. The second kappa shape index (κ2) is 3.81. The van der Waals surface area contributed by atoms with E-state index >= 15 is 0 Å². The average Bonchev–Trinajstić information content (AvgIpc) is 2.08. The molecule has 0 unspecified atom stereocenters. The highest BCUT2D eigenvalue weighted by atomic mass is 35.5. The van der Waals surface area contributed by atoms with Crippen molar-refractivity contribution in [2.24, 2.45) is 5.73 Å². The number of nitrogens with two attached hydrogens (primary N) is 1. The molecular weight excluding hydrogens is 231 g/mol. The van der Waals surface area contributed by atoms with Crippen molar-refractivity contribution in [1.29, 1.82) is 0 Å². The first-order chi connectivity index (χ1) is 6.45. The quantitative estimate of drug-likeness (QED) is 0.628. The Morgan fingerprint density at radius 2 is 2.00 bits per heavy atom. The van der Waals surface area contributed by atoms with Crippen LogP contribution < -0.4 is 5.73 Å². The predicted molar refractivity (Wildman–Crippen MR) is 51.6 cm³/mol. The summed E-state index contributed by atoms with van der Waals surface area (Å²) in [5.74, 6) is -0.921. The van der Waals surface area contributed by atoms with Gasteiger partial charge in [0.2, 0.25) is 0 Å². The Bertz CT molecular complexity index is 420. The molecule has 74 valence electrons. The molecule has 5 nitrogen and oxygen atoms in total. The number of carbonyl (C=O) groups is 1. The highest BCUT2D eigenvalue weighted by Crippen LogP contribution is 2.34. The van der Waals surface area contributed by atoms with Crippen molar-refractivity contribution >= 4 is 34.8 Å². The number of carbonyl (C=O) groups excluding carboxylic acids is 1. The molecule has 0 heterocycles. The SMILES string of the molecule is NC(=O)c1ccc(Cl)c(Cl)c1[N+](=O)[O-]. The molecule has 0 saturated heterocycles. The van der Waals surface area contributed by atoms with Gasteiger partial charge in [0.15, 0.2) is 0 Å². The number of primary amides is 1. The first-order valence-electron chi connectivity index (χ1n) is 3.37. The maximum atomic E-state index is 10.8. The second-order valence-electron chi connectivity index (χ2n) is 2.38. The summed E-state index contributed by atoms with van der Waals surface area (Å²) in [6, 6.07) is 2.44. The van der Waals surface area contributed by atoms with E-state index in [-0.39, 0.29) is 15.6 Å². The standard InChI is InChI=1S/C7H4Cl2N2O3/c8-4-2-1-3(7(10)12)6(5(4)9)11(13)14/h1-2H,(H2,10,12). The number of hydrogen-bond acceptors (Lipinski definition) is 3. The minimum atomic E-state index is -0.921. The van der Waals surface area contributed by atoms with Gasteiger partial charge in [-0.15, -0.1) is 0 Å². The van der Waals surface area contributed by atoms with E-state index in [1.54, 1.807) is 0 Å². The van der Waals surface area contributed by atoms with Crippen LogP contribution in [0.5, 0.6) is 0 Å². The van der Waals surface area contributed by atoms with E-state index in [1.807, 2.05) is 0 Å². The fraction of sp³-hybridized carbons (Fsp3) is 0. The van der Waals surface area contributed by atoms with Gasteiger partial charge in [-0.1, -0.05) is 23.2 Å². The molecule has 0 aliphatic rings. The number of nitro groups is 1. The monoisotopic (exact) mass is 234 g/mol. The molecule has 0 saturated carbocycles. The summed E-state index contributed by atoms with van der Waals surface area (Å²) in [4.78, 5) is 20.6. The average molecular weight is 235 g/mol. The third kappa shape index (κ3) is 1.78. The fourth-order valence-electron chi connectivity index (χ4n) is 0.917. The van der Waals surface area contributed by atoms with Gasteiger partial charge in [0.05, 0.1) is 9.95 Å². The van der Waals surface area contributed by atoms with Crippen LogP contribution in [-0.4, -0.2) is 10.8 Å². The van der Waals surface area contributed by atoms with Crippen LogP contribution in [0.15, 0.2) is 12.1 Å². The van der Waals surface area contributed by atoms with E-state index in [4.69, 9.17) is 28.9 Å². The van der Waals surface area contributed by atoms with E-state index in [0.717, 1.165) is 6.07 Å². The Morgan fingerprint density at radius 1 is 1.43 bits per heavy atom. The molecule has 0 aromatic heterocycles. The van der Waals surface area contributed by atoms with Gasteiger partial charge in [-0.25, -0.2) is 0 Å². The number of nitrogens with zero attached hydrogens (tertiary/aromatic N) is 1. The smallest absolute Gasteiger partial charge is 0.302 e. The number of hydrogen-bond donors (Lipinski definition) is 1. The van der Waals surface area contributed by atoms with E-state index in [0.29, 0.717) is 0 Å². The third-order valence-corrected chi connectivity index (χ3v) is 2.31. The van der Waals surface area contributed by atoms with Crippen LogP contribution in [0.3, 0.4) is 0 Å². The van der Waals surface area contributed by atoms with Crippen LogP contribution in [0.4, 0.5) is 5.69 Å². The van der Waals surface area contributed by atoms with Crippen molar-refractivity contribution in [3.63, 3.8) is 0 Å². The zero-order valence-electron chi connectivity index (χ0n) is 6.66. The zero-order valence-corrected chi connectivity index (χ0v) is 8.17. The largest absolute Gasteiger partial charge is 0.365 e. The minimum absolute atomic E-state index is 0.00312. The molecule has 1 aromatic rings. The highest BCUT2D eigenvalue weighted by Gasteiger charge is 2.24. The van der Waals surface area contributed by atoms with E-state index in [2.05, 4.69) is 0 Å². The normalized spacial score (nSPS) is 9.86. The van der Waals surface area contributed by atoms with Crippen LogP contribution in [0.2, 0.25) is 10.0 Å². The number of rotatable bonds is 2. The van der Waals surface area contributed by atoms with E-state index in [1.165, 1.54) is 6.07 Å². The molecule has 0 atom stereocenters. The molecule has 1 aromatic carbocycles. The number of nitro benzene ring substituents is 1. The lowest BCUT2D eigenvalue weighted by molar-refractivity contribution is -0.385. The van der Waals surface area contributed by atoms with Crippen molar-refractivity contribution < 1.29 is 9.72 Å². The summed E-state index contributed by atoms with van der Waals surface area (Å²) in [6.45, 7) is 0. The Morgan fingerprint density at radius 3 is 2.43 bits per heavy atom. The second-order valence-corrected chi connectivity index (χ2v) is 3.16. The Balaban J connectivity index is 3.53. The molecule has 1 rings (SSSR count). The maximum Gasteiger partial charge on any atom is 0.302 e. The van der Waals surface area contributed by atoms with Crippen molar-refractivity contribution in [2.75, 3.05) is 0 Å². The van der Waals surface area contributed by atoms with Gasteiger partial charge in [-0.3, -0.25) is 14.9 Å². The summed E-state index contributed by atoms with van der Waals surface area (Å²) >= 11 is 11.1. The number of amides is 1. The van der Waals surface area contributed by atoms with Gasteiger partial charge < -0.3 is 5.73 Å². The van der Waals surface area contributed by atoms with Gasteiger partial charge >= 0.3 is 5.69 Å². The van der Waals surface area contributed by atoms with Gasteiger partial charge in [0.25, 0.3) is 5.91 Å². The van der Waals surface area contributed by atoms with Crippen molar-refractivity contribution in [3.05, 3.63) is 37.9 Å². The molecule has 7 heteroatoms. The Labute approximate surface area is 88.6 Å². The van der Waals surface area contributed by atoms with Gasteiger partial charge in [0, 0.05) is 0 Å². The number of benzene rings is 1. The molecule has 0 aliphatic heterocycles. The lowest BCUT2D eigenvalue weighted by Gasteiger charge is -2.01. The third-order valence-electron chi connectivity index (χ3n) is 1.52. The maximum absolute atomic E-state index is 10.8. The summed E-state index contributed by atoms with van der Waals surface area (Å²) in [5.41, 5.74) is 4.10. The van der Waals surface area contributed by atoms with E-state index in [9.17, 15) is 14.9 Å². The molecule has 0 spiro atoms. The lowest BCUT2D eigenvalue weighted by atomic mass is 10.1. The van der Waals surface area contributed by atoms with Crippen LogP contribution >= 0.6 is 23.2 Å². The first-order valence-corrected chi connectivity index (χ1v) is 4.13. The van der Waals surface area contributed by atoms with Gasteiger partial charge in [0.1, 0.15) is 10.6 Å². The molecule has 1 amide bonds. The Kier molecular flexibility index (Phi) is 2.93. The minimum Gasteiger partial charge on any atom is -0.365 e. The molecule has 0 aliphatic carbocycles. The topological polar surface area (TPSA) is 86.2 Å². The lowest BCUT2D eigenvalue weighted by Crippen LogP contribution is -2.13. The van der Waals surface area contributed by atoms with Crippen molar-refractivity contribution in [2.45, 2.75) is 0 Å². The summed E-state index contributed by atoms with van der Waals surface area (Å²) < 4.78 is 0. The predicted octanol–water partition coefficient (Wildman–Crippen LogP) is 2.00.